The number of hydrogen-bond donors (Lipinski definition) is 0. The fraction of sp³-hybridized carbons (Fsp3) is 0.263. The zero-order valence-electron chi connectivity index (χ0n) is 13.1. The Morgan fingerprint density at radius 2 is 1.87 bits per heavy atom. The predicted octanol–water partition coefficient (Wildman–Crippen LogP) is 6.09. The number of thiocarbonyl (C=S) groups is 1. The molecule has 0 unspecified atom stereocenters. The molecule has 0 aliphatic heterocycles. The maximum Gasteiger partial charge on any atom is 0.224 e. The first kappa shape index (κ1) is 17.6. The Morgan fingerprint density at radius 1 is 1.13 bits per heavy atom. The summed E-state index contributed by atoms with van der Waals surface area (Å²) >= 11 is 5.82. The van der Waals surface area contributed by atoms with Gasteiger partial charge in [-0.25, -0.2) is 0 Å². The van der Waals surface area contributed by atoms with Gasteiger partial charge in [-0.1, -0.05) is 56.2 Å². The normalized spacial score (nSPS) is 10.1. The van der Waals surface area contributed by atoms with Crippen molar-refractivity contribution in [1.29, 1.82) is 0 Å². The largest absolute Gasteiger partial charge is 0.281 e. The molecule has 0 radical (unpaired) electrons. The van der Waals surface area contributed by atoms with Gasteiger partial charge >= 0.3 is 0 Å². The van der Waals surface area contributed by atoms with E-state index in [9.17, 15) is 4.79 Å². The summed E-state index contributed by atoms with van der Waals surface area (Å²) in [5.41, 5.74) is 2.66. The number of aryl methyl sites for hydroxylation is 1. The van der Waals surface area contributed by atoms with Gasteiger partial charge in [0.2, 0.25) is 5.12 Å². The summed E-state index contributed by atoms with van der Waals surface area (Å²) in [6.45, 7) is 2.20. The molecule has 0 amide bonds. The van der Waals surface area contributed by atoms with Gasteiger partial charge in [0.05, 0.1) is 10.8 Å². The van der Waals surface area contributed by atoms with E-state index in [0.717, 1.165) is 11.3 Å². The third kappa shape index (κ3) is 5.43. The van der Waals surface area contributed by atoms with E-state index in [4.69, 9.17) is 0 Å². The van der Waals surface area contributed by atoms with Gasteiger partial charge in [-0.15, -0.1) is 0 Å². The monoisotopic (exact) mass is 341 g/mol. The molecule has 0 saturated carbocycles. The molecule has 118 valence electrons. The van der Waals surface area contributed by atoms with Crippen molar-refractivity contribution >= 4 is 39.9 Å². The second-order valence-electron chi connectivity index (χ2n) is 5.21. The van der Waals surface area contributed by atoms with Crippen molar-refractivity contribution in [1.82, 2.24) is 0 Å². The summed E-state index contributed by atoms with van der Waals surface area (Å²) < 4.78 is 0. The SMILES string of the molecule is CCCCCc1ccc(C(=O)Sc2ccccc2N=C=S)cc1. The summed E-state index contributed by atoms with van der Waals surface area (Å²) in [4.78, 5) is 17.2. The van der Waals surface area contributed by atoms with Crippen LogP contribution in [0.3, 0.4) is 0 Å². The van der Waals surface area contributed by atoms with E-state index in [1.54, 1.807) is 0 Å². The number of hydrogen-bond acceptors (Lipinski definition) is 4. The number of thioether (sulfide) groups is 1. The van der Waals surface area contributed by atoms with Gasteiger partial charge in [0.1, 0.15) is 0 Å². The van der Waals surface area contributed by atoms with E-state index < -0.39 is 0 Å². The highest BCUT2D eigenvalue weighted by molar-refractivity contribution is 8.14. The van der Waals surface area contributed by atoms with E-state index in [1.165, 1.54) is 36.6 Å². The van der Waals surface area contributed by atoms with Gasteiger partial charge in [0.15, 0.2) is 0 Å². The third-order valence-electron chi connectivity index (χ3n) is 3.49. The molecule has 0 N–H and O–H groups in total. The molecule has 0 atom stereocenters. The summed E-state index contributed by atoms with van der Waals surface area (Å²) in [6, 6.07) is 15.3. The molecule has 2 aromatic rings. The zero-order valence-corrected chi connectivity index (χ0v) is 14.8. The fourth-order valence-electron chi connectivity index (χ4n) is 2.23. The number of isothiocyanates is 1. The van der Waals surface area contributed by atoms with Gasteiger partial charge in [0, 0.05) is 10.5 Å². The van der Waals surface area contributed by atoms with E-state index in [-0.39, 0.29) is 5.12 Å². The van der Waals surface area contributed by atoms with Crippen molar-refractivity contribution in [2.45, 2.75) is 37.5 Å². The van der Waals surface area contributed by atoms with Crippen LogP contribution in [0.4, 0.5) is 5.69 Å². The minimum atomic E-state index is 0.0112. The first-order chi connectivity index (χ1) is 11.2. The number of nitrogens with zero attached hydrogens (tertiary/aromatic N) is 1. The number of carbonyl (C=O) groups is 1. The topological polar surface area (TPSA) is 29.4 Å². The molecule has 2 rings (SSSR count). The Hall–Kier alpha value is -1.74. The van der Waals surface area contributed by atoms with Gasteiger partial charge in [-0.2, -0.15) is 4.99 Å². The summed E-state index contributed by atoms with van der Waals surface area (Å²) in [7, 11) is 0. The molecule has 0 aliphatic carbocycles. The number of aliphatic imine (C=N–C) groups is 1. The van der Waals surface area contributed by atoms with Crippen molar-refractivity contribution in [2.24, 2.45) is 4.99 Å². The molecule has 0 bridgehead atoms. The predicted molar refractivity (Wildman–Crippen MR) is 101 cm³/mol. The Morgan fingerprint density at radius 3 is 2.57 bits per heavy atom. The smallest absolute Gasteiger partial charge is 0.224 e. The molecule has 0 aromatic heterocycles. The van der Waals surface area contributed by atoms with E-state index in [1.807, 2.05) is 48.5 Å². The lowest BCUT2D eigenvalue weighted by atomic mass is 10.1. The fourth-order valence-corrected chi connectivity index (χ4v) is 3.15. The van der Waals surface area contributed by atoms with Crippen molar-refractivity contribution < 1.29 is 4.79 Å². The molecule has 2 nitrogen and oxygen atoms in total. The lowest BCUT2D eigenvalue weighted by Gasteiger charge is -2.05. The van der Waals surface area contributed by atoms with E-state index in [0.29, 0.717) is 11.3 Å². The maximum absolute atomic E-state index is 12.4. The number of benzene rings is 2. The third-order valence-corrected chi connectivity index (χ3v) is 4.57. The van der Waals surface area contributed by atoms with E-state index >= 15 is 0 Å². The zero-order chi connectivity index (χ0) is 16.5. The molecular formula is C19H19NOS2. The molecule has 0 spiro atoms. The Kier molecular flexibility index (Phi) is 7.21. The van der Waals surface area contributed by atoms with Crippen LogP contribution >= 0.6 is 24.0 Å². The Balaban J connectivity index is 2.05. The average Bonchev–Trinajstić information content (AvgIpc) is 2.58. The van der Waals surface area contributed by atoms with Crippen LogP contribution in [0, 0.1) is 0 Å². The van der Waals surface area contributed by atoms with Crippen LogP contribution in [-0.4, -0.2) is 10.3 Å². The number of para-hydroxylation sites is 1. The second kappa shape index (κ2) is 9.41. The average molecular weight is 342 g/mol. The molecule has 0 aliphatic rings. The summed E-state index contributed by atoms with van der Waals surface area (Å²) in [5.74, 6) is 0. The highest BCUT2D eigenvalue weighted by Crippen LogP contribution is 2.31. The molecule has 0 heterocycles. The van der Waals surface area contributed by atoms with Crippen LogP contribution in [0.15, 0.2) is 58.4 Å². The van der Waals surface area contributed by atoms with Crippen molar-refractivity contribution in [3.63, 3.8) is 0 Å². The molecular weight excluding hydrogens is 322 g/mol. The van der Waals surface area contributed by atoms with Crippen LogP contribution in [-0.2, 0) is 6.42 Å². The summed E-state index contributed by atoms with van der Waals surface area (Å²) in [5, 5.41) is 2.36. The highest BCUT2D eigenvalue weighted by Gasteiger charge is 2.11. The molecule has 2 aromatic carbocycles. The van der Waals surface area contributed by atoms with Crippen LogP contribution in [0.2, 0.25) is 0 Å². The van der Waals surface area contributed by atoms with Crippen LogP contribution < -0.4 is 0 Å². The minimum Gasteiger partial charge on any atom is -0.281 e. The number of rotatable bonds is 7. The second-order valence-corrected chi connectivity index (χ2v) is 6.41. The Bertz CT molecular complexity index is 704. The maximum atomic E-state index is 12.4. The van der Waals surface area contributed by atoms with Gasteiger partial charge < -0.3 is 0 Å². The lowest BCUT2D eigenvalue weighted by molar-refractivity contribution is 0.108. The van der Waals surface area contributed by atoms with Gasteiger partial charge in [-0.05, 0) is 54.5 Å². The number of unbranched alkanes of at least 4 members (excludes halogenated alkanes) is 2. The number of carbonyl (C=O) groups excluding carboxylic acids is 1. The molecule has 0 fully saturated rings. The minimum absolute atomic E-state index is 0.0112. The van der Waals surface area contributed by atoms with Gasteiger partial charge in [0.25, 0.3) is 0 Å². The van der Waals surface area contributed by atoms with Crippen LogP contribution in [0.1, 0.15) is 42.1 Å². The Labute approximate surface area is 147 Å². The van der Waals surface area contributed by atoms with Crippen LogP contribution in [0.25, 0.3) is 0 Å². The van der Waals surface area contributed by atoms with Crippen molar-refractivity contribution in [3.05, 3.63) is 59.7 Å². The van der Waals surface area contributed by atoms with Gasteiger partial charge in [-0.3, -0.25) is 4.79 Å². The molecule has 23 heavy (non-hydrogen) atoms. The molecule has 4 heteroatoms. The lowest BCUT2D eigenvalue weighted by Crippen LogP contribution is -1.94. The van der Waals surface area contributed by atoms with Crippen molar-refractivity contribution in [3.8, 4) is 0 Å². The van der Waals surface area contributed by atoms with E-state index in [2.05, 4.69) is 29.3 Å². The highest BCUT2D eigenvalue weighted by atomic mass is 32.2. The quantitative estimate of drug-likeness (QED) is 0.264. The standard InChI is InChI=1S/C19H19NOS2/c1-2-3-4-7-15-10-12-16(13-11-15)19(21)23-18-9-6-5-8-17(18)20-14-22/h5-6,8-13H,2-4,7H2,1H3. The van der Waals surface area contributed by atoms with Crippen LogP contribution in [0.5, 0.6) is 0 Å². The first-order valence-electron chi connectivity index (χ1n) is 7.72. The van der Waals surface area contributed by atoms with Crippen molar-refractivity contribution in [2.75, 3.05) is 0 Å². The first-order valence-corrected chi connectivity index (χ1v) is 8.95. The summed E-state index contributed by atoms with van der Waals surface area (Å²) in [6.07, 6.45) is 4.73. The molecule has 0 saturated heterocycles.